The summed E-state index contributed by atoms with van der Waals surface area (Å²) < 4.78 is 12.2. The van der Waals surface area contributed by atoms with E-state index in [-0.39, 0.29) is 0 Å². The molecule has 0 fully saturated rings. The molecule has 1 aromatic heterocycles. The zero-order chi connectivity index (χ0) is 12.6. The normalized spacial score (nSPS) is 10.6. The molecule has 0 aliphatic heterocycles. The Kier molecular flexibility index (Phi) is 3.07. The highest BCUT2D eigenvalue weighted by molar-refractivity contribution is 6.33. The lowest BCUT2D eigenvalue weighted by atomic mass is 10.1. The summed E-state index contributed by atoms with van der Waals surface area (Å²) in [5, 5.41) is 6.76. The van der Waals surface area contributed by atoms with Gasteiger partial charge in [0.25, 0.3) is 0 Å². The molecule has 0 unspecified atom stereocenters. The molecule has 0 radical (unpaired) electrons. The van der Waals surface area contributed by atoms with Crippen molar-refractivity contribution < 1.29 is 14.2 Å². The van der Waals surface area contributed by atoms with Gasteiger partial charge in [0.2, 0.25) is 0 Å². The van der Waals surface area contributed by atoms with E-state index in [4.69, 9.17) is 21.1 Å². The summed E-state index contributed by atoms with van der Waals surface area (Å²) in [5.74, 6) is 1.34. The number of nitrogens with zero attached hydrogens (tertiary/aromatic N) is 2. The molecule has 0 saturated heterocycles. The molecule has 0 bridgehead atoms. The van der Waals surface area contributed by atoms with Crippen molar-refractivity contribution in [1.29, 1.82) is 0 Å². The number of hydrogen-bond donors (Lipinski definition) is 0. The van der Waals surface area contributed by atoms with E-state index in [0.29, 0.717) is 16.7 Å². The number of halogens is 1. The van der Waals surface area contributed by atoms with Crippen LogP contribution >= 0.6 is 11.6 Å². The van der Waals surface area contributed by atoms with Crippen LogP contribution in [0.2, 0.25) is 5.15 Å². The van der Waals surface area contributed by atoms with E-state index in [9.17, 15) is 0 Å². The smallest absolute Gasteiger partial charge is 0.308 e. The molecule has 2 aromatic rings. The molecule has 5 heteroatoms. The van der Waals surface area contributed by atoms with E-state index in [1.165, 1.54) is 0 Å². The molecule has 17 heavy (non-hydrogen) atoms. The Hall–Kier alpha value is -1.55. The highest BCUT2D eigenvalue weighted by Crippen LogP contribution is 2.34. The number of ether oxygens (including phenoxy) is 2. The molecule has 0 atom stereocenters. The Bertz CT molecular complexity index is 584. The fourth-order valence-electron chi connectivity index (χ4n) is 1.85. The van der Waals surface area contributed by atoms with Gasteiger partial charge in [-0.2, -0.15) is 0 Å². The third-order valence-corrected chi connectivity index (χ3v) is 3.17. The van der Waals surface area contributed by atoms with E-state index in [0.717, 1.165) is 16.5 Å². The van der Waals surface area contributed by atoms with Crippen LogP contribution in [0.15, 0.2) is 12.1 Å². The molecule has 0 amide bonds. The molecule has 0 aliphatic carbocycles. The number of fused-ring (bicyclic) bond motifs is 1. The topological polar surface area (TPSA) is 35.2 Å². The minimum Gasteiger partial charge on any atom is -0.493 e. The summed E-state index contributed by atoms with van der Waals surface area (Å²) >= 11 is 6.23. The standard InChI is InChI=1S/C12H14ClN2O2/c1-7-8-5-10(16-3)11(17-4)6-9(8)12(13)15(2)14-7/h5-6H,1-4H3/q+1. The maximum Gasteiger partial charge on any atom is 0.308 e. The summed E-state index contributed by atoms with van der Waals surface area (Å²) in [6.07, 6.45) is 0. The number of aryl methyl sites for hydroxylation is 2. The molecular weight excluding hydrogens is 240 g/mol. The van der Waals surface area contributed by atoms with Crippen molar-refractivity contribution >= 4 is 22.4 Å². The Morgan fingerprint density at radius 2 is 1.65 bits per heavy atom. The quantitative estimate of drug-likeness (QED) is 0.769. The Labute approximate surface area is 105 Å². The van der Waals surface area contributed by atoms with Crippen LogP contribution in [-0.2, 0) is 7.05 Å². The van der Waals surface area contributed by atoms with Gasteiger partial charge < -0.3 is 9.47 Å². The second kappa shape index (κ2) is 4.37. The third kappa shape index (κ3) is 1.89. The van der Waals surface area contributed by atoms with E-state index >= 15 is 0 Å². The molecule has 1 heterocycles. The Morgan fingerprint density at radius 1 is 1.12 bits per heavy atom. The van der Waals surface area contributed by atoms with Gasteiger partial charge in [0, 0.05) is 5.39 Å². The van der Waals surface area contributed by atoms with Crippen LogP contribution in [0.1, 0.15) is 5.69 Å². The monoisotopic (exact) mass is 253 g/mol. The van der Waals surface area contributed by atoms with Gasteiger partial charge in [-0.3, -0.25) is 0 Å². The van der Waals surface area contributed by atoms with Crippen LogP contribution in [0.25, 0.3) is 10.8 Å². The fraction of sp³-hybridized carbons (Fsp3) is 0.333. The molecular formula is C12H14ClN2O2+. The van der Waals surface area contributed by atoms with Crippen LogP contribution < -0.4 is 14.2 Å². The van der Waals surface area contributed by atoms with Crippen LogP contribution in [0.5, 0.6) is 11.5 Å². The summed E-state index contributed by atoms with van der Waals surface area (Å²) in [4.78, 5) is 0. The second-order valence-electron chi connectivity index (χ2n) is 3.75. The first-order valence-corrected chi connectivity index (χ1v) is 5.54. The molecule has 0 saturated carbocycles. The van der Waals surface area contributed by atoms with Gasteiger partial charge in [0.1, 0.15) is 5.69 Å². The maximum atomic E-state index is 6.23. The molecule has 1 aromatic carbocycles. The number of aromatic nitrogens is 2. The number of benzene rings is 1. The van der Waals surface area contributed by atoms with Gasteiger partial charge in [-0.25, -0.2) is 0 Å². The molecule has 4 nitrogen and oxygen atoms in total. The van der Waals surface area contributed by atoms with Gasteiger partial charge in [0.15, 0.2) is 18.5 Å². The zero-order valence-corrected chi connectivity index (χ0v) is 11.0. The average Bonchev–Trinajstić information content (AvgIpc) is 2.34. The molecule has 0 N–H and O–H groups in total. The van der Waals surface area contributed by atoms with Crippen molar-refractivity contribution in [3.63, 3.8) is 0 Å². The van der Waals surface area contributed by atoms with Crippen molar-refractivity contribution in [3.05, 3.63) is 23.0 Å². The summed E-state index contributed by atoms with van der Waals surface area (Å²) in [7, 11) is 5.02. The van der Waals surface area contributed by atoms with Gasteiger partial charge in [-0.15, -0.1) is 0 Å². The predicted molar refractivity (Wildman–Crippen MR) is 65.8 cm³/mol. The van der Waals surface area contributed by atoms with Gasteiger partial charge in [-0.1, -0.05) is 4.68 Å². The van der Waals surface area contributed by atoms with Gasteiger partial charge in [-0.05, 0) is 35.8 Å². The first-order chi connectivity index (χ1) is 8.08. The van der Waals surface area contributed by atoms with Crippen molar-refractivity contribution in [3.8, 4) is 11.5 Å². The molecule has 0 aliphatic rings. The Morgan fingerprint density at radius 3 is 2.18 bits per heavy atom. The minimum atomic E-state index is 0.576. The lowest BCUT2D eigenvalue weighted by Crippen LogP contribution is -2.35. The van der Waals surface area contributed by atoms with E-state index in [1.807, 2.05) is 26.1 Å². The highest BCUT2D eigenvalue weighted by atomic mass is 35.5. The summed E-state index contributed by atoms with van der Waals surface area (Å²) in [6, 6.07) is 3.76. The van der Waals surface area contributed by atoms with E-state index < -0.39 is 0 Å². The van der Waals surface area contributed by atoms with Crippen molar-refractivity contribution in [2.75, 3.05) is 14.2 Å². The third-order valence-electron chi connectivity index (χ3n) is 2.72. The molecule has 2 rings (SSSR count). The summed E-state index contributed by atoms with van der Waals surface area (Å²) in [5.41, 5.74) is 0.896. The van der Waals surface area contributed by atoms with E-state index in [2.05, 4.69) is 5.10 Å². The maximum absolute atomic E-state index is 6.23. The largest absolute Gasteiger partial charge is 0.493 e. The van der Waals surface area contributed by atoms with Crippen molar-refractivity contribution in [2.24, 2.45) is 7.05 Å². The average molecular weight is 254 g/mol. The number of hydrogen-bond acceptors (Lipinski definition) is 3. The van der Waals surface area contributed by atoms with Crippen LogP contribution in [0, 0.1) is 6.92 Å². The van der Waals surface area contributed by atoms with Crippen LogP contribution in [0.3, 0.4) is 0 Å². The first-order valence-electron chi connectivity index (χ1n) is 5.16. The number of methoxy groups -OCH3 is 2. The Balaban J connectivity index is 2.87. The van der Waals surface area contributed by atoms with Crippen LogP contribution in [-0.4, -0.2) is 19.3 Å². The number of rotatable bonds is 2. The van der Waals surface area contributed by atoms with Gasteiger partial charge >= 0.3 is 5.15 Å². The second-order valence-corrected chi connectivity index (χ2v) is 4.11. The van der Waals surface area contributed by atoms with Crippen molar-refractivity contribution in [1.82, 2.24) is 5.10 Å². The summed E-state index contributed by atoms with van der Waals surface area (Å²) in [6.45, 7) is 1.94. The lowest BCUT2D eigenvalue weighted by molar-refractivity contribution is -0.727. The first kappa shape index (κ1) is 11.9. The SMILES string of the molecule is COc1cc2c(C)n[n+](C)c(Cl)c2cc1OC. The minimum absolute atomic E-state index is 0.576. The van der Waals surface area contributed by atoms with Crippen molar-refractivity contribution in [2.45, 2.75) is 6.92 Å². The fourth-order valence-corrected chi connectivity index (χ4v) is 2.04. The predicted octanol–water partition coefficient (Wildman–Crippen LogP) is 2.04. The van der Waals surface area contributed by atoms with E-state index in [1.54, 1.807) is 18.9 Å². The molecule has 0 spiro atoms. The zero-order valence-electron chi connectivity index (χ0n) is 10.2. The van der Waals surface area contributed by atoms with Gasteiger partial charge in [0.05, 0.1) is 19.6 Å². The lowest BCUT2D eigenvalue weighted by Gasteiger charge is -2.09. The highest BCUT2D eigenvalue weighted by Gasteiger charge is 2.17. The molecule has 90 valence electrons. The van der Waals surface area contributed by atoms with Crippen LogP contribution in [0.4, 0.5) is 0 Å².